The Morgan fingerprint density at radius 1 is 1.00 bits per heavy atom. The first kappa shape index (κ1) is 14.4. The van der Waals surface area contributed by atoms with Gasteiger partial charge in [-0.2, -0.15) is 0 Å². The van der Waals surface area contributed by atoms with Crippen LogP contribution in [-0.2, 0) is 11.4 Å². The fourth-order valence-electron chi connectivity index (χ4n) is 1.82. The predicted molar refractivity (Wildman–Crippen MR) is 79.4 cm³/mol. The van der Waals surface area contributed by atoms with Crippen LogP contribution in [0, 0.1) is 0 Å². The molecule has 0 unspecified atom stereocenters. The lowest BCUT2D eigenvalue weighted by Gasteiger charge is -2.06. The standard InChI is InChI=1S/C17H19NO2/c1-2-12-18-20-13-14-8-10-16(11-9-14)17(19)15-6-4-3-5-7-15/h3-11,18H,2,12-13H2,1H3. The number of hydrogen-bond acceptors (Lipinski definition) is 3. The summed E-state index contributed by atoms with van der Waals surface area (Å²) in [6.07, 6.45) is 1.03. The number of hydrogen-bond donors (Lipinski definition) is 1. The molecule has 0 amide bonds. The highest BCUT2D eigenvalue weighted by Gasteiger charge is 2.07. The molecule has 2 aromatic carbocycles. The Balaban J connectivity index is 1.96. The molecular formula is C17H19NO2. The van der Waals surface area contributed by atoms with E-state index in [0.29, 0.717) is 17.7 Å². The average molecular weight is 269 g/mol. The van der Waals surface area contributed by atoms with Crippen molar-refractivity contribution in [2.45, 2.75) is 20.0 Å². The number of nitrogens with one attached hydrogen (secondary N) is 1. The summed E-state index contributed by atoms with van der Waals surface area (Å²) in [5, 5.41) is 0. The Bertz CT molecular complexity index is 535. The first-order valence-corrected chi connectivity index (χ1v) is 6.84. The van der Waals surface area contributed by atoms with Gasteiger partial charge < -0.3 is 0 Å². The smallest absolute Gasteiger partial charge is 0.193 e. The molecule has 0 fully saturated rings. The second kappa shape index (κ2) is 7.58. The van der Waals surface area contributed by atoms with Gasteiger partial charge in [-0.25, -0.2) is 5.48 Å². The molecule has 2 aromatic rings. The van der Waals surface area contributed by atoms with E-state index in [2.05, 4.69) is 12.4 Å². The van der Waals surface area contributed by atoms with Gasteiger partial charge in [0.15, 0.2) is 5.78 Å². The molecule has 0 bridgehead atoms. The third kappa shape index (κ3) is 4.02. The van der Waals surface area contributed by atoms with E-state index in [4.69, 9.17) is 4.84 Å². The fourth-order valence-corrected chi connectivity index (χ4v) is 1.82. The Morgan fingerprint density at radius 2 is 1.65 bits per heavy atom. The minimum absolute atomic E-state index is 0.0437. The van der Waals surface area contributed by atoms with Crippen LogP contribution in [0.5, 0.6) is 0 Å². The first-order chi connectivity index (χ1) is 9.81. The predicted octanol–water partition coefficient (Wildman–Crippen LogP) is 3.35. The van der Waals surface area contributed by atoms with Crippen LogP contribution >= 0.6 is 0 Å². The van der Waals surface area contributed by atoms with Crippen molar-refractivity contribution in [2.24, 2.45) is 0 Å². The van der Waals surface area contributed by atoms with Crippen LogP contribution in [0.15, 0.2) is 54.6 Å². The van der Waals surface area contributed by atoms with E-state index in [9.17, 15) is 4.79 Å². The summed E-state index contributed by atoms with van der Waals surface area (Å²) in [5.74, 6) is 0.0437. The second-order valence-corrected chi connectivity index (χ2v) is 4.58. The van der Waals surface area contributed by atoms with Crippen molar-refractivity contribution in [3.8, 4) is 0 Å². The van der Waals surface area contributed by atoms with E-state index in [1.165, 1.54) is 0 Å². The second-order valence-electron chi connectivity index (χ2n) is 4.58. The molecule has 0 atom stereocenters. The van der Waals surface area contributed by atoms with Crippen molar-refractivity contribution in [3.63, 3.8) is 0 Å². The number of carbonyl (C=O) groups excluding carboxylic acids is 1. The zero-order valence-electron chi connectivity index (χ0n) is 11.6. The molecular weight excluding hydrogens is 250 g/mol. The molecule has 0 radical (unpaired) electrons. The molecule has 0 saturated carbocycles. The van der Waals surface area contributed by atoms with E-state index in [1.54, 1.807) is 0 Å². The molecule has 3 nitrogen and oxygen atoms in total. The molecule has 0 heterocycles. The van der Waals surface area contributed by atoms with Crippen LogP contribution in [0.1, 0.15) is 34.8 Å². The Labute approximate surface area is 119 Å². The molecule has 0 aliphatic rings. The quantitative estimate of drug-likeness (QED) is 0.476. The largest absolute Gasteiger partial charge is 0.297 e. The molecule has 3 heteroatoms. The lowest BCUT2D eigenvalue weighted by Crippen LogP contribution is -2.14. The normalized spacial score (nSPS) is 10.4. The molecule has 0 aliphatic heterocycles. The summed E-state index contributed by atoms with van der Waals surface area (Å²) in [6.45, 7) is 3.42. The van der Waals surface area contributed by atoms with Crippen molar-refractivity contribution < 1.29 is 9.63 Å². The van der Waals surface area contributed by atoms with Crippen LogP contribution < -0.4 is 5.48 Å². The van der Waals surface area contributed by atoms with Gasteiger partial charge in [0, 0.05) is 17.7 Å². The van der Waals surface area contributed by atoms with Crippen molar-refractivity contribution in [1.82, 2.24) is 5.48 Å². The number of rotatable bonds is 7. The lowest BCUT2D eigenvalue weighted by atomic mass is 10.0. The van der Waals surface area contributed by atoms with Gasteiger partial charge in [-0.1, -0.05) is 61.5 Å². The van der Waals surface area contributed by atoms with Gasteiger partial charge in [0.2, 0.25) is 0 Å². The molecule has 20 heavy (non-hydrogen) atoms. The van der Waals surface area contributed by atoms with Crippen LogP contribution in [0.2, 0.25) is 0 Å². The van der Waals surface area contributed by atoms with Crippen LogP contribution in [0.4, 0.5) is 0 Å². The molecule has 0 aromatic heterocycles. The topological polar surface area (TPSA) is 38.3 Å². The Kier molecular flexibility index (Phi) is 5.47. The summed E-state index contributed by atoms with van der Waals surface area (Å²) in [4.78, 5) is 17.5. The summed E-state index contributed by atoms with van der Waals surface area (Å²) in [6, 6.07) is 16.8. The molecule has 1 N–H and O–H groups in total. The molecule has 0 aliphatic carbocycles. The molecule has 0 spiro atoms. The van der Waals surface area contributed by atoms with Crippen molar-refractivity contribution in [1.29, 1.82) is 0 Å². The zero-order chi connectivity index (χ0) is 14.2. The summed E-state index contributed by atoms with van der Waals surface area (Å²) >= 11 is 0. The van der Waals surface area contributed by atoms with Crippen molar-refractivity contribution in [3.05, 3.63) is 71.3 Å². The van der Waals surface area contributed by atoms with Gasteiger partial charge in [0.25, 0.3) is 0 Å². The maximum atomic E-state index is 12.2. The number of hydroxylamine groups is 1. The Hall–Kier alpha value is -1.97. The summed E-state index contributed by atoms with van der Waals surface area (Å²) in [5.41, 5.74) is 5.33. The number of ketones is 1. The van der Waals surface area contributed by atoms with E-state index >= 15 is 0 Å². The van der Waals surface area contributed by atoms with Crippen LogP contribution in [0.3, 0.4) is 0 Å². The third-order valence-corrected chi connectivity index (χ3v) is 2.95. The van der Waals surface area contributed by atoms with Gasteiger partial charge in [0.05, 0.1) is 6.61 Å². The molecule has 2 rings (SSSR count). The SMILES string of the molecule is CCCNOCc1ccc(C(=O)c2ccccc2)cc1. The lowest BCUT2D eigenvalue weighted by molar-refractivity contribution is 0.0283. The summed E-state index contributed by atoms with van der Waals surface area (Å²) in [7, 11) is 0. The van der Waals surface area contributed by atoms with E-state index in [0.717, 1.165) is 18.5 Å². The fraction of sp³-hybridized carbons (Fsp3) is 0.235. The van der Waals surface area contributed by atoms with Crippen LogP contribution in [-0.4, -0.2) is 12.3 Å². The van der Waals surface area contributed by atoms with E-state index < -0.39 is 0 Å². The minimum Gasteiger partial charge on any atom is -0.297 e. The molecule has 104 valence electrons. The number of carbonyl (C=O) groups is 1. The highest BCUT2D eigenvalue weighted by molar-refractivity contribution is 6.08. The third-order valence-electron chi connectivity index (χ3n) is 2.95. The van der Waals surface area contributed by atoms with Gasteiger partial charge in [-0.15, -0.1) is 0 Å². The van der Waals surface area contributed by atoms with Gasteiger partial charge in [-0.3, -0.25) is 9.63 Å². The molecule has 0 saturated heterocycles. The van der Waals surface area contributed by atoms with Crippen LogP contribution in [0.25, 0.3) is 0 Å². The van der Waals surface area contributed by atoms with E-state index in [1.807, 2.05) is 54.6 Å². The number of benzene rings is 2. The van der Waals surface area contributed by atoms with Gasteiger partial charge in [0.1, 0.15) is 0 Å². The zero-order valence-corrected chi connectivity index (χ0v) is 11.6. The van der Waals surface area contributed by atoms with Gasteiger partial charge in [-0.05, 0) is 12.0 Å². The van der Waals surface area contributed by atoms with E-state index in [-0.39, 0.29) is 5.78 Å². The highest BCUT2D eigenvalue weighted by atomic mass is 16.6. The van der Waals surface area contributed by atoms with Crippen molar-refractivity contribution >= 4 is 5.78 Å². The van der Waals surface area contributed by atoms with Gasteiger partial charge >= 0.3 is 0 Å². The average Bonchev–Trinajstić information content (AvgIpc) is 2.52. The minimum atomic E-state index is 0.0437. The Morgan fingerprint density at radius 3 is 2.30 bits per heavy atom. The summed E-state index contributed by atoms with van der Waals surface area (Å²) < 4.78 is 0. The highest BCUT2D eigenvalue weighted by Crippen LogP contribution is 2.11. The maximum Gasteiger partial charge on any atom is 0.193 e. The first-order valence-electron chi connectivity index (χ1n) is 6.84. The van der Waals surface area contributed by atoms with Crippen molar-refractivity contribution in [2.75, 3.05) is 6.54 Å². The monoisotopic (exact) mass is 269 g/mol. The maximum absolute atomic E-state index is 12.2.